The number of nitrogens with one attached hydrogen (secondary N) is 2. The Labute approximate surface area is 224 Å². The molecule has 3 saturated heterocycles. The molecule has 14 nitrogen and oxygen atoms in total. The Bertz CT molecular complexity index is 1360. The summed E-state index contributed by atoms with van der Waals surface area (Å²) in [7, 11) is 0. The fourth-order valence-electron chi connectivity index (χ4n) is 5.52. The average Bonchev–Trinajstić information content (AvgIpc) is 3.39. The van der Waals surface area contributed by atoms with Gasteiger partial charge in [-0.3, -0.25) is 19.7 Å². The third-order valence-corrected chi connectivity index (χ3v) is 7.95. The fourth-order valence-corrected chi connectivity index (χ4v) is 5.52. The number of carbonyl (C=O) groups excluding carboxylic acids is 1. The number of hydrogen-bond acceptors (Lipinski definition) is 11. The number of nitrogens with zero attached hydrogens (tertiary/aromatic N) is 7. The predicted molar refractivity (Wildman–Crippen MR) is 139 cm³/mol. The zero-order chi connectivity index (χ0) is 26.9. The molecule has 1 unspecified atom stereocenters. The van der Waals surface area contributed by atoms with E-state index in [0.29, 0.717) is 36.0 Å². The van der Waals surface area contributed by atoms with Crippen LogP contribution in [0, 0.1) is 0 Å². The van der Waals surface area contributed by atoms with Crippen LogP contribution >= 0.6 is 0 Å². The number of anilines is 1. The lowest BCUT2D eigenvalue weighted by Gasteiger charge is -2.44. The molecule has 0 radical (unpaired) electrons. The Kier molecular flexibility index (Phi) is 7.25. The van der Waals surface area contributed by atoms with E-state index >= 15 is 0 Å². The zero-order valence-corrected chi connectivity index (χ0v) is 21.8. The maximum Gasteiger partial charge on any atom is 0.277 e. The maximum atomic E-state index is 12.8. The van der Waals surface area contributed by atoms with Gasteiger partial charge in [0.2, 0.25) is 5.95 Å². The van der Waals surface area contributed by atoms with Crippen LogP contribution in [0.25, 0.3) is 11.0 Å². The number of hydrogen-bond donors (Lipinski definition) is 3. The molecule has 1 amide bonds. The molecule has 6 rings (SSSR count). The van der Waals surface area contributed by atoms with Crippen molar-refractivity contribution in [2.24, 2.45) is 0 Å². The zero-order valence-electron chi connectivity index (χ0n) is 21.8. The van der Waals surface area contributed by atoms with E-state index in [0.717, 1.165) is 51.9 Å². The van der Waals surface area contributed by atoms with Gasteiger partial charge in [-0.1, -0.05) is 0 Å². The molecule has 3 aliphatic heterocycles. The molecular formula is C25H33N9O5. The first-order valence-corrected chi connectivity index (χ1v) is 13.5. The minimum atomic E-state index is -0.637. The third-order valence-electron chi connectivity index (χ3n) is 7.95. The Morgan fingerprint density at radius 3 is 2.54 bits per heavy atom. The summed E-state index contributed by atoms with van der Waals surface area (Å²) in [6.45, 7) is 6.52. The van der Waals surface area contributed by atoms with Crippen molar-refractivity contribution in [1.29, 1.82) is 0 Å². The number of aromatic amines is 1. The first-order valence-electron chi connectivity index (χ1n) is 13.5. The van der Waals surface area contributed by atoms with E-state index in [4.69, 9.17) is 19.7 Å². The van der Waals surface area contributed by atoms with Gasteiger partial charge in [0.25, 0.3) is 11.5 Å². The second-order valence-corrected chi connectivity index (χ2v) is 10.4. The van der Waals surface area contributed by atoms with Gasteiger partial charge in [-0.05, 0) is 32.6 Å². The van der Waals surface area contributed by atoms with E-state index < -0.39 is 5.91 Å². The Balaban J connectivity index is 1.01. The molecule has 3 aromatic rings. The van der Waals surface area contributed by atoms with Gasteiger partial charge in [0.1, 0.15) is 11.2 Å². The van der Waals surface area contributed by atoms with Crippen LogP contribution in [0.15, 0.2) is 23.4 Å². The van der Waals surface area contributed by atoms with Crippen LogP contribution in [0.4, 0.5) is 5.95 Å². The van der Waals surface area contributed by atoms with Crippen LogP contribution in [-0.4, -0.2) is 97.3 Å². The second kappa shape index (κ2) is 11.0. The molecular weight excluding hydrogens is 506 g/mol. The second-order valence-electron chi connectivity index (χ2n) is 10.4. The van der Waals surface area contributed by atoms with Crippen LogP contribution in [0.3, 0.4) is 0 Å². The molecule has 0 aliphatic carbocycles. The number of likely N-dealkylation sites (tertiary alicyclic amines) is 1. The Hall–Kier alpha value is -3.46. The van der Waals surface area contributed by atoms with Crippen molar-refractivity contribution in [3.05, 3.63) is 40.3 Å². The highest BCUT2D eigenvalue weighted by atomic mass is 16.5. The highest BCUT2D eigenvalue weighted by molar-refractivity contribution is 5.92. The van der Waals surface area contributed by atoms with Gasteiger partial charge < -0.3 is 19.4 Å². The van der Waals surface area contributed by atoms with Gasteiger partial charge in [-0.2, -0.15) is 5.10 Å². The number of ether oxygens (including phenoxy) is 2. The van der Waals surface area contributed by atoms with Crippen molar-refractivity contribution in [3.8, 4) is 0 Å². The third kappa shape index (κ3) is 5.24. The van der Waals surface area contributed by atoms with Crippen LogP contribution in [0.1, 0.15) is 60.9 Å². The molecule has 0 saturated carbocycles. The Morgan fingerprint density at radius 1 is 1.13 bits per heavy atom. The van der Waals surface area contributed by atoms with Gasteiger partial charge in [0.15, 0.2) is 5.65 Å². The highest BCUT2D eigenvalue weighted by Crippen LogP contribution is 2.29. The summed E-state index contributed by atoms with van der Waals surface area (Å²) in [6.07, 6.45) is 8.16. The Morgan fingerprint density at radius 2 is 1.85 bits per heavy atom. The minimum Gasteiger partial charge on any atom is -0.381 e. The lowest BCUT2D eigenvalue weighted by Crippen LogP contribution is -2.55. The molecule has 3 fully saturated rings. The van der Waals surface area contributed by atoms with E-state index in [9.17, 15) is 9.59 Å². The van der Waals surface area contributed by atoms with E-state index in [-0.39, 0.29) is 35.4 Å². The minimum absolute atomic E-state index is 0.0464. The normalized spacial score (nSPS) is 20.7. The van der Waals surface area contributed by atoms with Crippen LogP contribution in [0.5, 0.6) is 0 Å². The van der Waals surface area contributed by atoms with Gasteiger partial charge in [-0.15, -0.1) is 0 Å². The number of carbonyl (C=O) groups is 1. The van der Waals surface area contributed by atoms with Crippen LogP contribution < -0.4 is 15.9 Å². The molecule has 6 heterocycles. The van der Waals surface area contributed by atoms with Crippen molar-refractivity contribution < 1.29 is 19.5 Å². The van der Waals surface area contributed by atoms with Crippen molar-refractivity contribution in [3.63, 3.8) is 0 Å². The number of H-pyrrole nitrogens is 1. The van der Waals surface area contributed by atoms with E-state index in [1.54, 1.807) is 11.7 Å². The van der Waals surface area contributed by atoms with Gasteiger partial charge in [-0.25, -0.2) is 25.1 Å². The lowest BCUT2D eigenvalue weighted by molar-refractivity contribution is -0.110. The number of piperidine rings is 1. The summed E-state index contributed by atoms with van der Waals surface area (Å²) in [5.74, 6) is 0.570. The van der Waals surface area contributed by atoms with Crippen molar-refractivity contribution in [1.82, 2.24) is 40.1 Å². The summed E-state index contributed by atoms with van der Waals surface area (Å²) >= 11 is 0. The summed E-state index contributed by atoms with van der Waals surface area (Å²) < 4.78 is 13.7. The molecule has 3 aliphatic rings. The fraction of sp³-hybridized carbons (Fsp3) is 0.600. The highest BCUT2D eigenvalue weighted by Gasteiger charge is 2.35. The molecule has 3 N–H and O–H groups in total. The van der Waals surface area contributed by atoms with Crippen molar-refractivity contribution in [2.45, 2.75) is 56.9 Å². The molecule has 0 aromatic carbocycles. The molecule has 0 bridgehead atoms. The number of rotatable bonds is 7. The molecule has 39 heavy (non-hydrogen) atoms. The molecule has 0 spiro atoms. The van der Waals surface area contributed by atoms with E-state index in [2.05, 4.69) is 36.8 Å². The van der Waals surface area contributed by atoms with Crippen molar-refractivity contribution in [2.75, 3.05) is 44.3 Å². The summed E-state index contributed by atoms with van der Waals surface area (Å²) in [5.41, 5.74) is 2.26. The number of amides is 1. The quantitative estimate of drug-likeness (QED) is 0.287. The SMILES string of the molecule is CC(c1nc2c(cnn2C2CCOCC2)c(=O)[nH]1)N1CC(OC2CCN(c3ncc(C(=O)NO)cn3)CC2)C1. The van der Waals surface area contributed by atoms with E-state index in [1.165, 1.54) is 12.4 Å². The summed E-state index contributed by atoms with van der Waals surface area (Å²) in [6, 6.07) is 0.149. The largest absolute Gasteiger partial charge is 0.381 e. The summed E-state index contributed by atoms with van der Waals surface area (Å²) in [5, 5.41) is 13.7. The predicted octanol–water partition coefficient (Wildman–Crippen LogP) is 0.811. The van der Waals surface area contributed by atoms with Crippen LogP contribution in [0.2, 0.25) is 0 Å². The summed E-state index contributed by atoms with van der Waals surface area (Å²) in [4.78, 5) is 44.9. The molecule has 3 aromatic heterocycles. The first kappa shape index (κ1) is 25.8. The molecule has 14 heteroatoms. The van der Waals surface area contributed by atoms with Crippen LogP contribution in [-0.2, 0) is 9.47 Å². The monoisotopic (exact) mass is 539 g/mol. The van der Waals surface area contributed by atoms with Crippen molar-refractivity contribution >= 4 is 22.9 Å². The number of fused-ring (bicyclic) bond motifs is 1. The standard InChI is InChI=1S/C25H33N9O5/c1-15(21-29-22-20(24(36)30-21)12-28-34(22)17-4-8-38-9-5-17)33-13-19(14-33)39-18-2-6-32(7-3-18)25-26-10-16(11-27-25)23(35)31-37/h10-12,15,17-19,37H,2-9,13-14H2,1H3,(H,31,35)(H,29,30,36). The number of hydroxylamine groups is 1. The lowest BCUT2D eigenvalue weighted by atomic mass is 10.0. The number of aromatic nitrogens is 6. The first-order chi connectivity index (χ1) is 19.0. The molecule has 1 atom stereocenters. The molecule has 208 valence electrons. The van der Waals surface area contributed by atoms with Gasteiger partial charge >= 0.3 is 0 Å². The van der Waals surface area contributed by atoms with Gasteiger partial charge in [0, 0.05) is 51.8 Å². The topological polar surface area (TPSA) is 164 Å². The maximum absolute atomic E-state index is 12.8. The smallest absolute Gasteiger partial charge is 0.277 e. The van der Waals surface area contributed by atoms with Gasteiger partial charge in [0.05, 0.1) is 36.1 Å². The van der Waals surface area contributed by atoms with E-state index in [1.807, 2.05) is 4.68 Å². The average molecular weight is 540 g/mol.